The zero-order valence-corrected chi connectivity index (χ0v) is 10.4. The molecule has 4 aromatic rings. The van der Waals surface area contributed by atoms with Crippen LogP contribution in [0.25, 0.3) is 28.3 Å². The van der Waals surface area contributed by atoms with Gasteiger partial charge in [-0.1, -0.05) is 0 Å². The predicted octanol–water partition coefficient (Wildman–Crippen LogP) is 0.932. The van der Waals surface area contributed by atoms with Crippen LogP contribution in [0.3, 0.4) is 0 Å². The van der Waals surface area contributed by atoms with Gasteiger partial charge in [0.1, 0.15) is 0 Å². The quantitative estimate of drug-likeness (QED) is 0.392. The molecule has 1 aliphatic rings. The van der Waals surface area contributed by atoms with Crippen molar-refractivity contribution < 1.29 is 8.68 Å². The summed E-state index contributed by atoms with van der Waals surface area (Å²) in [6.07, 6.45) is 8.41. The summed E-state index contributed by atoms with van der Waals surface area (Å²) in [5.41, 5.74) is 3.70. The number of hydrogen-bond acceptors (Lipinski definition) is 3. The first kappa shape index (κ1) is 7.74. The molecule has 0 aliphatic carbocycles. The number of rotatable bonds is 0. The summed E-state index contributed by atoms with van der Waals surface area (Å²) in [7, 11) is 0. The lowest BCUT2D eigenvalue weighted by Crippen LogP contribution is -2.30. The van der Waals surface area contributed by atoms with Crippen LogP contribution in [0.2, 0.25) is 0 Å². The number of aryl methyl sites for hydroxylation is 1. The first-order valence-electron chi connectivity index (χ1n) is 7.76. The molecule has 0 unspecified atom stereocenters. The Morgan fingerprint density at radius 1 is 1.30 bits per heavy atom. The van der Waals surface area contributed by atoms with E-state index in [4.69, 9.17) is 4.11 Å². The molecule has 0 bridgehead atoms. The second kappa shape index (κ2) is 3.22. The van der Waals surface area contributed by atoms with E-state index in [9.17, 15) is 0 Å². The van der Waals surface area contributed by atoms with Gasteiger partial charge in [0.15, 0.2) is 0 Å². The molecule has 0 saturated heterocycles. The fraction of sp³-hybridized carbons (Fsp3) is 0.143. The van der Waals surface area contributed by atoms with Gasteiger partial charge in [-0.25, -0.2) is 13.5 Å². The molecule has 4 aromatic heterocycles. The molecule has 6 nitrogen and oxygen atoms in total. The maximum absolute atomic E-state index is 8.00. The van der Waals surface area contributed by atoms with Gasteiger partial charge >= 0.3 is 0 Å². The van der Waals surface area contributed by atoms with Crippen molar-refractivity contribution in [2.45, 2.75) is 6.54 Å². The minimum absolute atomic E-state index is 0.548. The minimum Gasteiger partial charge on any atom is -0.264 e. The van der Waals surface area contributed by atoms with Crippen molar-refractivity contribution >= 4 is 16.9 Å². The van der Waals surface area contributed by atoms with E-state index in [1.54, 1.807) is 35.4 Å². The lowest BCUT2D eigenvalue weighted by molar-refractivity contribution is -0.636. The highest BCUT2D eigenvalue weighted by Gasteiger charge is 2.33. The number of aromatic nitrogens is 6. The summed E-state index contributed by atoms with van der Waals surface area (Å²) < 4.78 is 29.1. The summed E-state index contributed by atoms with van der Waals surface area (Å²) in [5, 5.41) is 0. The molecule has 96 valence electrons. The Kier molecular flexibility index (Phi) is 1.24. The number of imidazole rings is 2. The Morgan fingerprint density at radius 3 is 3.20 bits per heavy atom. The summed E-state index contributed by atoms with van der Waals surface area (Å²) in [5.74, 6) is 0.622. The van der Waals surface area contributed by atoms with Gasteiger partial charge in [0, 0.05) is 18.0 Å². The fourth-order valence-corrected chi connectivity index (χ4v) is 2.94. The Bertz CT molecular complexity index is 1090. The average molecular weight is 266 g/mol. The average Bonchev–Trinajstić information content (AvgIpc) is 3.13. The number of fused-ring (bicyclic) bond motifs is 7. The Hall–Kier alpha value is -2.76. The summed E-state index contributed by atoms with van der Waals surface area (Å²) in [6.45, 7) is -1.74. The summed E-state index contributed by atoms with van der Waals surface area (Å²) in [4.78, 5) is 12.8. The third-order valence-corrected chi connectivity index (χ3v) is 3.80. The number of nitrogens with zero attached hydrogens (tertiary/aromatic N) is 6. The molecule has 0 spiro atoms. The smallest absolute Gasteiger partial charge is 0.264 e. The van der Waals surface area contributed by atoms with Gasteiger partial charge in [0.05, 0.1) is 41.8 Å². The second-order valence-electron chi connectivity index (χ2n) is 4.84. The molecule has 6 heteroatoms. The standard InChI is InChI=1S/C14H11N6/c1-18-13-10-6-15-3-2-9(10)8-20(13)12-14(18)19-5-4-16-7-11(19)17-12/h2-7H,8H2,1H3/q+1/i1D3. The van der Waals surface area contributed by atoms with Crippen molar-refractivity contribution in [2.75, 3.05) is 0 Å². The third kappa shape index (κ3) is 1.01. The van der Waals surface area contributed by atoms with E-state index in [2.05, 4.69) is 15.0 Å². The molecule has 0 atom stereocenters. The van der Waals surface area contributed by atoms with Gasteiger partial charge in [0.2, 0.25) is 11.5 Å². The topological polar surface area (TPSA) is 51.9 Å². The monoisotopic (exact) mass is 266 g/mol. The van der Waals surface area contributed by atoms with Crippen molar-refractivity contribution in [1.82, 2.24) is 23.9 Å². The van der Waals surface area contributed by atoms with Crippen molar-refractivity contribution in [3.63, 3.8) is 0 Å². The number of pyridine rings is 1. The lowest BCUT2D eigenvalue weighted by atomic mass is 10.2. The molecule has 0 fully saturated rings. The fourth-order valence-electron chi connectivity index (χ4n) is 2.94. The molecular formula is C14H11N6+. The maximum Gasteiger partial charge on any atom is 0.295 e. The van der Waals surface area contributed by atoms with Gasteiger partial charge in [-0.2, -0.15) is 4.98 Å². The molecule has 0 aromatic carbocycles. The normalized spacial score (nSPS) is 15.9. The van der Waals surface area contributed by atoms with Crippen LogP contribution in [0.5, 0.6) is 0 Å². The Morgan fingerprint density at radius 2 is 2.25 bits per heavy atom. The molecular weight excluding hydrogens is 252 g/mol. The molecule has 1 aliphatic heterocycles. The Labute approximate surface area is 118 Å². The van der Waals surface area contributed by atoms with Crippen LogP contribution in [-0.2, 0) is 13.5 Å². The highest BCUT2D eigenvalue weighted by Crippen LogP contribution is 2.32. The van der Waals surface area contributed by atoms with Gasteiger partial charge in [-0.3, -0.25) is 9.97 Å². The first-order chi connectivity index (χ1) is 11.1. The molecule has 0 amide bonds. The highest BCUT2D eigenvalue weighted by atomic mass is 15.3. The largest absolute Gasteiger partial charge is 0.295 e. The third-order valence-electron chi connectivity index (χ3n) is 3.80. The molecule has 0 radical (unpaired) electrons. The second-order valence-corrected chi connectivity index (χ2v) is 4.84. The molecule has 20 heavy (non-hydrogen) atoms. The first-order valence-corrected chi connectivity index (χ1v) is 6.26. The van der Waals surface area contributed by atoms with E-state index in [-0.39, 0.29) is 0 Å². The highest BCUT2D eigenvalue weighted by molar-refractivity contribution is 5.77. The van der Waals surface area contributed by atoms with Crippen LogP contribution < -0.4 is 4.57 Å². The zero-order chi connectivity index (χ0) is 15.8. The van der Waals surface area contributed by atoms with E-state index in [1.165, 1.54) is 4.57 Å². The zero-order valence-electron chi connectivity index (χ0n) is 13.4. The van der Waals surface area contributed by atoms with Gasteiger partial charge in [-0.15, -0.1) is 0 Å². The summed E-state index contributed by atoms with van der Waals surface area (Å²) in [6, 6.07) is 1.91. The van der Waals surface area contributed by atoms with E-state index in [0.29, 0.717) is 29.3 Å². The van der Waals surface area contributed by atoms with Crippen molar-refractivity contribution in [3.8, 4) is 11.4 Å². The van der Waals surface area contributed by atoms with Crippen LogP contribution in [0.4, 0.5) is 0 Å². The maximum atomic E-state index is 8.00. The van der Waals surface area contributed by atoms with Crippen LogP contribution in [0, 0.1) is 0 Å². The molecule has 5 heterocycles. The predicted molar refractivity (Wildman–Crippen MR) is 72.0 cm³/mol. The van der Waals surface area contributed by atoms with Crippen LogP contribution in [0.1, 0.15) is 9.68 Å². The molecule has 0 N–H and O–H groups in total. The van der Waals surface area contributed by atoms with Gasteiger partial charge in [0.25, 0.3) is 11.3 Å². The van der Waals surface area contributed by atoms with Crippen molar-refractivity contribution in [1.29, 1.82) is 0 Å². The lowest BCUT2D eigenvalue weighted by Gasteiger charge is -1.96. The van der Waals surface area contributed by atoms with Crippen molar-refractivity contribution in [3.05, 3.63) is 42.6 Å². The molecule has 5 rings (SSSR count). The van der Waals surface area contributed by atoms with E-state index >= 15 is 0 Å². The van der Waals surface area contributed by atoms with E-state index in [0.717, 1.165) is 11.1 Å². The Balaban J connectivity index is 2.01. The van der Waals surface area contributed by atoms with E-state index in [1.807, 2.05) is 10.6 Å². The SMILES string of the molecule is [2H]C([2H])([2H])[n+]1c2n(c3nc4cnccn4c31)Cc1ccncc1-2. The van der Waals surface area contributed by atoms with Crippen LogP contribution in [0.15, 0.2) is 37.1 Å². The summed E-state index contributed by atoms with van der Waals surface area (Å²) >= 11 is 0. The van der Waals surface area contributed by atoms with Gasteiger partial charge in [-0.05, 0) is 6.07 Å². The number of hydrogen-bond donors (Lipinski definition) is 0. The van der Waals surface area contributed by atoms with Crippen LogP contribution >= 0.6 is 0 Å². The van der Waals surface area contributed by atoms with Crippen LogP contribution in [-0.4, -0.2) is 23.9 Å². The minimum atomic E-state index is -2.32. The molecule has 0 saturated carbocycles. The van der Waals surface area contributed by atoms with E-state index < -0.39 is 6.98 Å². The van der Waals surface area contributed by atoms with Gasteiger partial charge < -0.3 is 0 Å². The van der Waals surface area contributed by atoms with Crippen molar-refractivity contribution in [2.24, 2.45) is 6.98 Å².